The Hall–Kier alpha value is -1.39. The number of carbonyl (C=O) groups is 1. The summed E-state index contributed by atoms with van der Waals surface area (Å²) >= 11 is 0. The first-order chi connectivity index (χ1) is 6.26. The summed E-state index contributed by atoms with van der Waals surface area (Å²) in [6.07, 6.45) is 3.19. The summed E-state index contributed by atoms with van der Waals surface area (Å²) < 4.78 is 1.69. The van der Waals surface area contributed by atoms with Crippen molar-refractivity contribution in [3.8, 4) is 0 Å². The number of rotatable bonds is 4. The van der Waals surface area contributed by atoms with Gasteiger partial charge in [-0.2, -0.15) is 0 Å². The first-order valence-corrected chi connectivity index (χ1v) is 4.36. The van der Waals surface area contributed by atoms with Gasteiger partial charge < -0.3 is 5.32 Å². The van der Waals surface area contributed by atoms with Gasteiger partial charge in [0.1, 0.15) is 0 Å². The number of aromatic nitrogens is 3. The van der Waals surface area contributed by atoms with Gasteiger partial charge in [0.15, 0.2) is 0 Å². The third-order valence-corrected chi connectivity index (χ3v) is 1.80. The molecule has 0 fully saturated rings. The highest BCUT2D eigenvalue weighted by atomic mass is 16.1. The fourth-order valence-electron chi connectivity index (χ4n) is 0.951. The van der Waals surface area contributed by atoms with Crippen LogP contribution in [0.4, 0.5) is 0 Å². The van der Waals surface area contributed by atoms with Gasteiger partial charge in [0.25, 0.3) is 0 Å². The molecule has 0 spiro atoms. The van der Waals surface area contributed by atoms with Crippen molar-refractivity contribution in [2.75, 3.05) is 7.05 Å². The van der Waals surface area contributed by atoms with E-state index in [0.29, 0.717) is 13.0 Å². The molecule has 13 heavy (non-hydrogen) atoms. The number of amides is 1. The van der Waals surface area contributed by atoms with Gasteiger partial charge in [0, 0.05) is 19.7 Å². The molecule has 0 unspecified atom stereocenters. The SMILES string of the molecule is CCc1cn(CCC(=O)NC)nn1. The summed E-state index contributed by atoms with van der Waals surface area (Å²) in [6.45, 7) is 2.61. The molecule has 1 rings (SSSR count). The van der Waals surface area contributed by atoms with Crippen LogP contribution in [-0.2, 0) is 17.8 Å². The zero-order valence-corrected chi connectivity index (χ0v) is 7.95. The van der Waals surface area contributed by atoms with E-state index >= 15 is 0 Å². The second kappa shape index (κ2) is 4.59. The standard InChI is InChI=1S/C8H14N4O/c1-3-7-6-12(11-10-7)5-4-8(13)9-2/h6H,3-5H2,1-2H3,(H,9,13). The zero-order chi connectivity index (χ0) is 9.68. The van der Waals surface area contributed by atoms with E-state index in [9.17, 15) is 4.79 Å². The molecule has 0 bridgehead atoms. The van der Waals surface area contributed by atoms with Gasteiger partial charge in [0.2, 0.25) is 5.91 Å². The molecule has 5 nitrogen and oxygen atoms in total. The average molecular weight is 182 g/mol. The maximum atomic E-state index is 10.9. The molecule has 0 aliphatic rings. The minimum Gasteiger partial charge on any atom is -0.359 e. The van der Waals surface area contributed by atoms with Crippen LogP contribution in [0.1, 0.15) is 19.0 Å². The van der Waals surface area contributed by atoms with Crippen LogP contribution in [0.5, 0.6) is 0 Å². The summed E-state index contributed by atoms with van der Waals surface area (Å²) in [7, 11) is 1.63. The van der Waals surface area contributed by atoms with Crippen molar-refractivity contribution in [3.05, 3.63) is 11.9 Å². The van der Waals surface area contributed by atoms with Gasteiger partial charge in [-0.3, -0.25) is 9.48 Å². The van der Waals surface area contributed by atoms with E-state index in [1.807, 2.05) is 13.1 Å². The lowest BCUT2D eigenvalue weighted by Crippen LogP contribution is -2.19. The van der Waals surface area contributed by atoms with Crippen molar-refractivity contribution >= 4 is 5.91 Å². The smallest absolute Gasteiger partial charge is 0.221 e. The lowest BCUT2D eigenvalue weighted by atomic mass is 10.4. The highest BCUT2D eigenvalue weighted by Gasteiger charge is 2.01. The van der Waals surface area contributed by atoms with Crippen molar-refractivity contribution in [1.82, 2.24) is 20.3 Å². The number of hydrogen-bond acceptors (Lipinski definition) is 3. The zero-order valence-electron chi connectivity index (χ0n) is 7.95. The Labute approximate surface area is 77.1 Å². The highest BCUT2D eigenvalue weighted by molar-refractivity contribution is 5.75. The molecule has 0 aliphatic heterocycles. The molecule has 1 aromatic heterocycles. The van der Waals surface area contributed by atoms with E-state index in [2.05, 4.69) is 15.6 Å². The number of hydrogen-bond donors (Lipinski definition) is 1. The molecular formula is C8H14N4O. The van der Waals surface area contributed by atoms with Crippen LogP contribution in [0.2, 0.25) is 0 Å². The Morgan fingerprint density at radius 2 is 2.46 bits per heavy atom. The summed E-state index contributed by atoms with van der Waals surface area (Å²) in [4.78, 5) is 10.9. The van der Waals surface area contributed by atoms with Crippen LogP contribution in [0.25, 0.3) is 0 Å². The predicted molar refractivity (Wildman–Crippen MR) is 48.1 cm³/mol. The van der Waals surface area contributed by atoms with Crippen molar-refractivity contribution in [2.24, 2.45) is 0 Å². The molecule has 0 aromatic carbocycles. The van der Waals surface area contributed by atoms with Crippen LogP contribution in [0.3, 0.4) is 0 Å². The minimum absolute atomic E-state index is 0.0218. The Balaban J connectivity index is 2.41. The predicted octanol–water partition coefficient (Wildman–Crippen LogP) is -0.0234. The van der Waals surface area contributed by atoms with Crippen LogP contribution in [0, 0.1) is 0 Å². The van der Waals surface area contributed by atoms with E-state index in [0.717, 1.165) is 12.1 Å². The Bertz CT molecular complexity index is 281. The Morgan fingerprint density at radius 3 is 3.00 bits per heavy atom. The van der Waals surface area contributed by atoms with Crippen LogP contribution in [0.15, 0.2) is 6.20 Å². The lowest BCUT2D eigenvalue weighted by Gasteiger charge is -1.98. The van der Waals surface area contributed by atoms with E-state index < -0.39 is 0 Å². The van der Waals surface area contributed by atoms with Crippen molar-refractivity contribution in [2.45, 2.75) is 26.3 Å². The topological polar surface area (TPSA) is 59.8 Å². The van der Waals surface area contributed by atoms with E-state index in [-0.39, 0.29) is 5.91 Å². The lowest BCUT2D eigenvalue weighted by molar-refractivity contribution is -0.120. The third kappa shape index (κ3) is 2.85. The quantitative estimate of drug-likeness (QED) is 0.711. The molecular weight excluding hydrogens is 168 g/mol. The second-order valence-electron chi connectivity index (χ2n) is 2.75. The van der Waals surface area contributed by atoms with Crippen molar-refractivity contribution in [3.63, 3.8) is 0 Å². The summed E-state index contributed by atoms with van der Waals surface area (Å²) in [5.41, 5.74) is 0.955. The van der Waals surface area contributed by atoms with Crippen LogP contribution in [-0.4, -0.2) is 27.9 Å². The molecule has 5 heteroatoms. The van der Waals surface area contributed by atoms with Gasteiger partial charge in [-0.25, -0.2) is 0 Å². The fraction of sp³-hybridized carbons (Fsp3) is 0.625. The molecule has 72 valence electrons. The molecule has 0 atom stereocenters. The van der Waals surface area contributed by atoms with E-state index in [4.69, 9.17) is 0 Å². The maximum absolute atomic E-state index is 10.9. The molecule has 1 N–H and O–H groups in total. The van der Waals surface area contributed by atoms with Gasteiger partial charge in [-0.1, -0.05) is 12.1 Å². The summed E-state index contributed by atoms with van der Waals surface area (Å²) in [5, 5.41) is 10.4. The van der Waals surface area contributed by atoms with E-state index in [1.165, 1.54) is 0 Å². The number of aryl methyl sites for hydroxylation is 2. The van der Waals surface area contributed by atoms with Gasteiger partial charge >= 0.3 is 0 Å². The molecule has 1 amide bonds. The van der Waals surface area contributed by atoms with Gasteiger partial charge in [-0.05, 0) is 6.42 Å². The summed E-state index contributed by atoms with van der Waals surface area (Å²) in [6, 6.07) is 0. The van der Waals surface area contributed by atoms with E-state index in [1.54, 1.807) is 11.7 Å². The minimum atomic E-state index is 0.0218. The maximum Gasteiger partial charge on any atom is 0.221 e. The number of nitrogens with zero attached hydrogens (tertiary/aromatic N) is 3. The molecule has 0 radical (unpaired) electrons. The van der Waals surface area contributed by atoms with Crippen molar-refractivity contribution < 1.29 is 4.79 Å². The average Bonchev–Trinajstić information content (AvgIpc) is 2.61. The van der Waals surface area contributed by atoms with Gasteiger partial charge in [-0.15, -0.1) is 5.10 Å². The normalized spacial score (nSPS) is 10.0. The summed E-state index contributed by atoms with van der Waals surface area (Å²) in [5.74, 6) is 0.0218. The molecule has 1 heterocycles. The monoisotopic (exact) mass is 182 g/mol. The van der Waals surface area contributed by atoms with Crippen LogP contribution < -0.4 is 5.32 Å². The highest BCUT2D eigenvalue weighted by Crippen LogP contribution is 1.94. The largest absolute Gasteiger partial charge is 0.359 e. The third-order valence-electron chi connectivity index (χ3n) is 1.80. The molecule has 0 aliphatic carbocycles. The van der Waals surface area contributed by atoms with Gasteiger partial charge in [0.05, 0.1) is 12.2 Å². The first kappa shape index (κ1) is 9.70. The fourth-order valence-corrected chi connectivity index (χ4v) is 0.951. The molecule has 0 saturated heterocycles. The Morgan fingerprint density at radius 1 is 1.69 bits per heavy atom. The first-order valence-electron chi connectivity index (χ1n) is 4.36. The van der Waals surface area contributed by atoms with Crippen molar-refractivity contribution in [1.29, 1.82) is 0 Å². The number of nitrogens with one attached hydrogen (secondary N) is 1. The van der Waals surface area contributed by atoms with Crippen LogP contribution >= 0.6 is 0 Å². The Kier molecular flexibility index (Phi) is 3.42. The molecule has 0 saturated carbocycles. The second-order valence-corrected chi connectivity index (χ2v) is 2.75. The number of carbonyl (C=O) groups excluding carboxylic acids is 1. The molecule has 1 aromatic rings.